The number of rotatable bonds is 3. The van der Waals surface area contributed by atoms with Crippen LogP contribution in [0.15, 0.2) is 30.7 Å². The molecule has 0 fully saturated rings. The highest BCUT2D eigenvalue weighted by molar-refractivity contribution is 5.91. The molecule has 0 aliphatic rings. The number of carbonyl (C=O) groups is 1. The van der Waals surface area contributed by atoms with Gasteiger partial charge < -0.3 is 0 Å². The van der Waals surface area contributed by atoms with Crippen molar-refractivity contribution < 1.29 is 4.79 Å². The first kappa shape index (κ1) is 8.68. The van der Waals surface area contributed by atoms with E-state index in [-0.39, 0.29) is 5.78 Å². The average molecular weight is 190 g/mol. The molecule has 0 aromatic carbocycles. The molecule has 72 valence electrons. The minimum Gasteiger partial charge on any atom is -0.293 e. The molecule has 0 aliphatic carbocycles. The predicted molar refractivity (Wildman–Crippen MR) is 49.9 cm³/mol. The largest absolute Gasteiger partial charge is 0.293 e. The summed E-state index contributed by atoms with van der Waals surface area (Å²) in [6, 6.07) is 3.54. The van der Waals surface area contributed by atoms with E-state index in [1.165, 1.54) is 6.92 Å². The minimum absolute atomic E-state index is 0.0239. The lowest BCUT2D eigenvalue weighted by Gasteiger charge is -2.00. The first-order chi connectivity index (χ1) is 6.75. The maximum absolute atomic E-state index is 11.0. The molecule has 0 amide bonds. The summed E-state index contributed by atoms with van der Waals surface area (Å²) in [6.45, 7) is 2.03. The molecule has 0 aliphatic heterocycles. The van der Waals surface area contributed by atoms with Crippen molar-refractivity contribution in [3.8, 4) is 0 Å². The van der Waals surface area contributed by atoms with Crippen LogP contribution in [0, 0.1) is 0 Å². The van der Waals surface area contributed by atoms with E-state index in [4.69, 9.17) is 0 Å². The molecule has 5 nitrogen and oxygen atoms in total. The molecule has 0 saturated heterocycles. The molecule has 0 saturated carbocycles. The zero-order chi connectivity index (χ0) is 9.97. The second kappa shape index (κ2) is 3.45. The van der Waals surface area contributed by atoms with Crippen LogP contribution in [0.5, 0.6) is 0 Å². The molecular formula is C9H10N4O. The number of hydrogen-bond donors (Lipinski definition) is 0. The van der Waals surface area contributed by atoms with E-state index in [9.17, 15) is 4.79 Å². The Labute approximate surface area is 81.0 Å². The highest BCUT2D eigenvalue weighted by Gasteiger charge is 2.03. The van der Waals surface area contributed by atoms with Crippen LogP contribution >= 0.6 is 0 Å². The molecule has 2 aromatic heterocycles. The fourth-order valence-electron chi connectivity index (χ4n) is 1.16. The lowest BCUT2D eigenvalue weighted by molar-refractivity contribution is 0.101. The maximum Gasteiger partial charge on any atom is 0.179 e. The van der Waals surface area contributed by atoms with Crippen LogP contribution in [-0.2, 0) is 6.67 Å². The van der Waals surface area contributed by atoms with Gasteiger partial charge in [-0.1, -0.05) is 0 Å². The van der Waals surface area contributed by atoms with E-state index >= 15 is 0 Å². The first-order valence-electron chi connectivity index (χ1n) is 4.27. The van der Waals surface area contributed by atoms with Crippen LogP contribution in [0.1, 0.15) is 17.4 Å². The van der Waals surface area contributed by atoms with Gasteiger partial charge in [0.25, 0.3) is 0 Å². The summed E-state index contributed by atoms with van der Waals surface area (Å²) < 4.78 is 3.40. The zero-order valence-electron chi connectivity index (χ0n) is 7.79. The van der Waals surface area contributed by atoms with Gasteiger partial charge in [0.05, 0.1) is 0 Å². The van der Waals surface area contributed by atoms with E-state index in [2.05, 4.69) is 10.2 Å². The third kappa shape index (κ3) is 1.71. The van der Waals surface area contributed by atoms with Crippen LogP contribution < -0.4 is 0 Å². The molecule has 0 unspecified atom stereocenters. The highest BCUT2D eigenvalue weighted by Crippen LogP contribution is 1.97. The Bertz CT molecular complexity index is 429. The highest BCUT2D eigenvalue weighted by atomic mass is 16.1. The van der Waals surface area contributed by atoms with E-state index in [1.807, 2.05) is 12.3 Å². The Balaban J connectivity index is 2.14. The summed E-state index contributed by atoms with van der Waals surface area (Å²) >= 11 is 0. The smallest absolute Gasteiger partial charge is 0.179 e. The van der Waals surface area contributed by atoms with Gasteiger partial charge in [-0.2, -0.15) is 10.2 Å². The Kier molecular flexibility index (Phi) is 2.14. The zero-order valence-corrected chi connectivity index (χ0v) is 7.79. The van der Waals surface area contributed by atoms with Crippen LogP contribution in [0.4, 0.5) is 0 Å². The summed E-state index contributed by atoms with van der Waals surface area (Å²) in [6.07, 6.45) is 5.31. The molecular weight excluding hydrogens is 180 g/mol. The van der Waals surface area contributed by atoms with Crippen LogP contribution in [0.3, 0.4) is 0 Å². The van der Waals surface area contributed by atoms with Crippen molar-refractivity contribution in [1.82, 2.24) is 19.6 Å². The Morgan fingerprint density at radius 2 is 2.29 bits per heavy atom. The molecule has 0 atom stereocenters. The second-order valence-electron chi connectivity index (χ2n) is 2.98. The quantitative estimate of drug-likeness (QED) is 0.672. The first-order valence-corrected chi connectivity index (χ1v) is 4.27. The summed E-state index contributed by atoms with van der Waals surface area (Å²) in [5, 5.41) is 8.13. The fraction of sp³-hybridized carbons (Fsp3) is 0.222. The van der Waals surface area contributed by atoms with Gasteiger partial charge in [-0.3, -0.25) is 14.2 Å². The molecule has 2 rings (SSSR count). The van der Waals surface area contributed by atoms with Crippen molar-refractivity contribution in [2.75, 3.05) is 0 Å². The van der Waals surface area contributed by atoms with Crippen molar-refractivity contribution >= 4 is 5.78 Å². The Morgan fingerprint density at radius 1 is 1.43 bits per heavy atom. The van der Waals surface area contributed by atoms with Crippen molar-refractivity contribution in [2.24, 2.45) is 0 Å². The summed E-state index contributed by atoms with van der Waals surface area (Å²) in [5.74, 6) is -0.0239. The van der Waals surface area contributed by atoms with Gasteiger partial charge in [0.2, 0.25) is 0 Å². The van der Waals surface area contributed by atoms with E-state index in [0.29, 0.717) is 12.4 Å². The van der Waals surface area contributed by atoms with Gasteiger partial charge in [0.15, 0.2) is 5.78 Å². The number of carbonyl (C=O) groups excluding carboxylic acids is 1. The normalized spacial score (nSPS) is 10.4. The molecule has 14 heavy (non-hydrogen) atoms. The number of hydrogen-bond acceptors (Lipinski definition) is 3. The van der Waals surface area contributed by atoms with Gasteiger partial charge in [-0.25, -0.2) is 0 Å². The van der Waals surface area contributed by atoms with Gasteiger partial charge in [-0.05, 0) is 12.1 Å². The SMILES string of the molecule is CC(=O)c1ccn(Cn2cccn2)n1. The van der Waals surface area contributed by atoms with Crippen molar-refractivity contribution in [3.63, 3.8) is 0 Å². The van der Waals surface area contributed by atoms with E-state index < -0.39 is 0 Å². The van der Waals surface area contributed by atoms with Crippen LogP contribution in [0.2, 0.25) is 0 Å². The molecule has 0 spiro atoms. The number of nitrogens with zero attached hydrogens (tertiary/aromatic N) is 4. The number of Topliss-reactive ketones (excluding diaryl/α,β-unsaturated/α-hetero) is 1. The van der Waals surface area contributed by atoms with E-state index in [1.54, 1.807) is 27.8 Å². The average Bonchev–Trinajstić information content (AvgIpc) is 2.75. The molecule has 5 heteroatoms. The topological polar surface area (TPSA) is 52.7 Å². The number of ketones is 1. The Morgan fingerprint density at radius 3 is 2.86 bits per heavy atom. The molecule has 2 aromatic rings. The van der Waals surface area contributed by atoms with Gasteiger partial charge in [0.1, 0.15) is 12.4 Å². The standard InChI is InChI=1S/C9H10N4O/c1-8(14)9-3-6-13(11-9)7-12-5-2-4-10-12/h2-6H,7H2,1H3. The van der Waals surface area contributed by atoms with Crippen molar-refractivity contribution in [1.29, 1.82) is 0 Å². The van der Waals surface area contributed by atoms with Gasteiger partial charge in [-0.15, -0.1) is 0 Å². The molecule has 0 N–H and O–H groups in total. The molecule has 2 heterocycles. The molecule has 0 radical (unpaired) electrons. The number of aromatic nitrogens is 4. The van der Waals surface area contributed by atoms with Crippen LogP contribution in [-0.4, -0.2) is 25.3 Å². The molecule has 0 bridgehead atoms. The third-order valence-corrected chi connectivity index (χ3v) is 1.85. The Hall–Kier alpha value is -1.91. The third-order valence-electron chi connectivity index (χ3n) is 1.85. The minimum atomic E-state index is -0.0239. The predicted octanol–water partition coefficient (Wildman–Crippen LogP) is 0.788. The lowest BCUT2D eigenvalue weighted by Crippen LogP contribution is -2.09. The van der Waals surface area contributed by atoms with E-state index in [0.717, 1.165) is 0 Å². The summed E-state index contributed by atoms with van der Waals surface area (Å²) in [4.78, 5) is 11.0. The monoisotopic (exact) mass is 190 g/mol. The summed E-state index contributed by atoms with van der Waals surface area (Å²) in [5.41, 5.74) is 0.483. The van der Waals surface area contributed by atoms with Crippen LogP contribution in [0.25, 0.3) is 0 Å². The van der Waals surface area contributed by atoms with Gasteiger partial charge in [0, 0.05) is 25.5 Å². The van der Waals surface area contributed by atoms with Crippen molar-refractivity contribution in [2.45, 2.75) is 13.6 Å². The fourth-order valence-corrected chi connectivity index (χ4v) is 1.16. The lowest BCUT2D eigenvalue weighted by atomic mass is 10.3. The second-order valence-corrected chi connectivity index (χ2v) is 2.98. The van der Waals surface area contributed by atoms with Crippen molar-refractivity contribution in [3.05, 3.63) is 36.4 Å². The maximum atomic E-state index is 11.0. The van der Waals surface area contributed by atoms with Gasteiger partial charge >= 0.3 is 0 Å². The summed E-state index contributed by atoms with van der Waals surface area (Å²) in [7, 11) is 0.